The van der Waals surface area contributed by atoms with E-state index in [0.29, 0.717) is 11.5 Å². The predicted molar refractivity (Wildman–Crippen MR) is 195 cm³/mol. The zero-order valence-corrected chi connectivity index (χ0v) is 29.0. The molecule has 3 N–H and O–H groups in total. The van der Waals surface area contributed by atoms with E-state index < -0.39 is 0 Å². The number of benzene rings is 3. The molecule has 1 aliphatic rings. The van der Waals surface area contributed by atoms with Gasteiger partial charge < -0.3 is 15.4 Å². The highest BCUT2D eigenvalue weighted by molar-refractivity contribution is 7.12. The number of carbonyl (C=O) groups is 2. The number of carbonyl (C=O) groups excluding carboxylic acids is 2. The van der Waals surface area contributed by atoms with Crippen LogP contribution < -0.4 is 20.7 Å². The van der Waals surface area contributed by atoms with Gasteiger partial charge in [0.2, 0.25) is 0 Å². The molecule has 3 heterocycles. The van der Waals surface area contributed by atoms with Gasteiger partial charge in [0.1, 0.15) is 11.6 Å². The lowest BCUT2D eigenvalue weighted by atomic mass is 9.77. The predicted octanol–water partition coefficient (Wildman–Crippen LogP) is 8.83. The molecule has 2 aromatic heterocycles. The molecule has 0 saturated carbocycles. The molecule has 0 aliphatic carbocycles. The first-order valence-electron chi connectivity index (χ1n) is 16.4. The number of ketones is 1. The van der Waals surface area contributed by atoms with Crippen LogP contribution in [0.15, 0.2) is 90.3 Å². The van der Waals surface area contributed by atoms with Gasteiger partial charge in [0.15, 0.2) is 5.78 Å². The van der Waals surface area contributed by atoms with Crippen LogP contribution in [-0.4, -0.2) is 41.8 Å². The maximum absolute atomic E-state index is 14.2. The van der Waals surface area contributed by atoms with Gasteiger partial charge in [0, 0.05) is 17.2 Å². The van der Waals surface area contributed by atoms with Crippen LogP contribution in [0.1, 0.15) is 66.0 Å². The Balaban J connectivity index is 1.20. The monoisotopic (exact) mass is 661 g/mol. The van der Waals surface area contributed by atoms with Crippen molar-refractivity contribution >= 4 is 34.7 Å². The third-order valence-electron chi connectivity index (χ3n) is 8.93. The molecular weight excluding hydrogens is 619 g/mol. The fourth-order valence-electron chi connectivity index (χ4n) is 6.14. The van der Waals surface area contributed by atoms with Crippen LogP contribution in [0.2, 0.25) is 0 Å². The SMILES string of the molecule is COc1ccc(-c2csc(C(=O)C(c3ccc(NC(=O)Nc4cc(C(C)(C)C)nn4-c4ccc(C)cc4)cc3)C3CCNCC3)c2)cc1. The van der Waals surface area contributed by atoms with E-state index in [9.17, 15) is 9.59 Å². The number of hydrogen-bond donors (Lipinski definition) is 3. The number of Topliss-reactive ketones (excluding diaryl/α,β-unsaturated/α-hetero) is 1. The summed E-state index contributed by atoms with van der Waals surface area (Å²) in [5.41, 5.74) is 6.38. The fourth-order valence-corrected chi connectivity index (χ4v) is 7.04. The molecule has 3 aromatic carbocycles. The van der Waals surface area contributed by atoms with Gasteiger partial charge in [0.05, 0.1) is 29.3 Å². The van der Waals surface area contributed by atoms with Gasteiger partial charge in [-0.1, -0.05) is 62.7 Å². The van der Waals surface area contributed by atoms with E-state index in [1.807, 2.05) is 91.9 Å². The van der Waals surface area contributed by atoms with Crippen LogP contribution in [-0.2, 0) is 5.41 Å². The molecule has 1 atom stereocenters. The summed E-state index contributed by atoms with van der Waals surface area (Å²) in [5, 5.41) is 16.3. The summed E-state index contributed by atoms with van der Waals surface area (Å²) >= 11 is 1.50. The molecule has 5 aromatic rings. The minimum atomic E-state index is -0.368. The number of nitrogens with one attached hydrogen (secondary N) is 3. The number of nitrogens with zero attached hydrogens (tertiary/aromatic N) is 2. The molecule has 1 aliphatic heterocycles. The molecule has 0 spiro atoms. The number of piperidine rings is 1. The van der Waals surface area contributed by atoms with E-state index in [0.717, 1.165) is 70.2 Å². The van der Waals surface area contributed by atoms with Crippen molar-refractivity contribution in [2.24, 2.45) is 5.92 Å². The molecule has 1 saturated heterocycles. The molecule has 248 valence electrons. The topological polar surface area (TPSA) is 97.3 Å². The van der Waals surface area contributed by atoms with Gasteiger partial charge in [-0.25, -0.2) is 9.48 Å². The third kappa shape index (κ3) is 7.53. The van der Waals surface area contributed by atoms with Crippen molar-refractivity contribution in [2.45, 2.75) is 51.9 Å². The Labute approximate surface area is 286 Å². The molecular formula is C39H43N5O3S. The average Bonchev–Trinajstić information content (AvgIpc) is 3.75. The maximum atomic E-state index is 14.2. The number of hydrogen-bond acceptors (Lipinski definition) is 6. The molecule has 6 rings (SSSR count). The van der Waals surface area contributed by atoms with Crippen molar-refractivity contribution < 1.29 is 14.3 Å². The molecule has 9 heteroatoms. The summed E-state index contributed by atoms with van der Waals surface area (Å²) in [7, 11) is 1.65. The Kier molecular flexibility index (Phi) is 9.80. The summed E-state index contributed by atoms with van der Waals surface area (Å²) in [6.07, 6.45) is 1.86. The lowest BCUT2D eigenvalue weighted by molar-refractivity contribution is 0.0920. The molecule has 8 nitrogen and oxygen atoms in total. The van der Waals surface area contributed by atoms with Crippen LogP contribution in [0.5, 0.6) is 5.75 Å². The van der Waals surface area contributed by atoms with Crippen molar-refractivity contribution in [2.75, 3.05) is 30.8 Å². The van der Waals surface area contributed by atoms with Gasteiger partial charge in [-0.15, -0.1) is 11.3 Å². The van der Waals surface area contributed by atoms with Gasteiger partial charge in [-0.3, -0.25) is 10.1 Å². The minimum Gasteiger partial charge on any atom is -0.497 e. The lowest BCUT2D eigenvalue weighted by Gasteiger charge is -2.30. The molecule has 1 unspecified atom stereocenters. The summed E-state index contributed by atoms with van der Waals surface area (Å²) in [6.45, 7) is 10.1. The summed E-state index contributed by atoms with van der Waals surface area (Å²) in [4.78, 5) is 28.2. The van der Waals surface area contributed by atoms with Crippen molar-refractivity contribution in [3.05, 3.63) is 112 Å². The Morgan fingerprint density at radius 1 is 0.917 bits per heavy atom. The van der Waals surface area contributed by atoms with Crippen molar-refractivity contribution in [3.8, 4) is 22.6 Å². The number of aromatic nitrogens is 2. The van der Waals surface area contributed by atoms with Crippen LogP contribution in [0.3, 0.4) is 0 Å². The van der Waals surface area contributed by atoms with E-state index >= 15 is 0 Å². The molecule has 2 amide bonds. The Morgan fingerprint density at radius 3 is 2.25 bits per heavy atom. The second-order valence-electron chi connectivity index (χ2n) is 13.5. The largest absolute Gasteiger partial charge is 0.497 e. The van der Waals surface area contributed by atoms with Gasteiger partial charge in [-0.05, 0) is 103 Å². The highest BCUT2D eigenvalue weighted by Crippen LogP contribution is 2.37. The quantitative estimate of drug-likeness (QED) is 0.137. The number of amides is 2. The van der Waals surface area contributed by atoms with Crippen LogP contribution in [0.25, 0.3) is 16.8 Å². The normalized spacial score (nSPS) is 14.4. The van der Waals surface area contributed by atoms with E-state index in [-0.39, 0.29) is 29.1 Å². The smallest absolute Gasteiger partial charge is 0.324 e. The standard InChI is InChI=1S/C39H43N5O3S/c1-25-6-14-31(15-7-25)44-35(23-34(43-44)39(2,3)4)42-38(46)41-30-12-8-27(9-13-30)36(28-18-20-40-21-19-28)37(45)33-22-29(24-48-33)26-10-16-32(47-5)17-11-26/h6-17,22-24,28,36,40H,18-21H2,1-5H3,(H2,41,42,46). The lowest BCUT2D eigenvalue weighted by Crippen LogP contribution is -2.33. The highest BCUT2D eigenvalue weighted by Gasteiger charge is 2.32. The minimum absolute atomic E-state index is 0.143. The number of thiophene rings is 1. The molecule has 0 bridgehead atoms. The first-order chi connectivity index (χ1) is 23.1. The van der Waals surface area contributed by atoms with Crippen LogP contribution in [0.4, 0.5) is 16.3 Å². The number of ether oxygens (including phenoxy) is 1. The van der Waals surface area contributed by atoms with Gasteiger partial charge >= 0.3 is 6.03 Å². The Hall–Kier alpha value is -4.73. The molecule has 0 radical (unpaired) electrons. The van der Waals surface area contributed by atoms with Crippen LogP contribution >= 0.6 is 11.3 Å². The zero-order chi connectivity index (χ0) is 33.8. The first-order valence-corrected chi connectivity index (χ1v) is 17.3. The van der Waals surface area contributed by atoms with E-state index in [1.165, 1.54) is 11.3 Å². The van der Waals surface area contributed by atoms with Crippen molar-refractivity contribution in [1.29, 1.82) is 0 Å². The first kappa shape index (κ1) is 33.2. The van der Waals surface area contributed by atoms with E-state index in [2.05, 4.69) is 42.1 Å². The number of rotatable bonds is 9. The van der Waals surface area contributed by atoms with Crippen LogP contribution in [0, 0.1) is 12.8 Å². The summed E-state index contributed by atoms with van der Waals surface area (Å²) in [6, 6.07) is 27.2. The van der Waals surface area contributed by atoms with Gasteiger partial charge in [-0.2, -0.15) is 5.10 Å². The zero-order valence-electron chi connectivity index (χ0n) is 28.2. The molecule has 1 fully saturated rings. The maximum Gasteiger partial charge on any atom is 0.324 e. The number of methoxy groups -OCH3 is 1. The summed E-state index contributed by atoms with van der Waals surface area (Å²) in [5.74, 6) is 1.49. The Morgan fingerprint density at radius 2 is 1.60 bits per heavy atom. The van der Waals surface area contributed by atoms with E-state index in [1.54, 1.807) is 11.8 Å². The molecule has 48 heavy (non-hydrogen) atoms. The Bertz CT molecular complexity index is 1860. The number of anilines is 2. The third-order valence-corrected chi connectivity index (χ3v) is 9.87. The van der Waals surface area contributed by atoms with Crippen molar-refractivity contribution in [3.63, 3.8) is 0 Å². The highest BCUT2D eigenvalue weighted by atomic mass is 32.1. The second kappa shape index (κ2) is 14.2. The average molecular weight is 662 g/mol. The summed E-state index contributed by atoms with van der Waals surface area (Å²) < 4.78 is 7.07. The fraction of sp³-hybridized carbons (Fsp3) is 0.308. The van der Waals surface area contributed by atoms with Crippen molar-refractivity contribution in [1.82, 2.24) is 15.1 Å². The number of urea groups is 1. The van der Waals surface area contributed by atoms with Gasteiger partial charge in [0.25, 0.3) is 0 Å². The second-order valence-corrected chi connectivity index (χ2v) is 14.4. The van der Waals surface area contributed by atoms with E-state index in [4.69, 9.17) is 9.84 Å². The number of aryl methyl sites for hydroxylation is 1.